The Morgan fingerprint density at radius 2 is 1.81 bits per heavy atom. The van der Waals surface area contributed by atoms with Crippen LogP contribution in [0.2, 0.25) is 0 Å². The lowest BCUT2D eigenvalue weighted by atomic mass is 10.0. The summed E-state index contributed by atoms with van der Waals surface area (Å²) in [5.41, 5.74) is 1.42. The summed E-state index contributed by atoms with van der Waals surface area (Å²) in [4.78, 5) is 28.9. The molecule has 32 heavy (non-hydrogen) atoms. The van der Waals surface area contributed by atoms with Crippen LogP contribution in [0.5, 0.6) is 0 Å². The number of carbonyl (C=O) groups is 1. The van der Waals surface area contributed by atoms with E-state index in [9.17, 15) is 26.8 Å². The molecule has 0 aliphatic carbocycles. The highest BCUT2D eigenvalue weighted by molar-refractivity contribution is 7.89. The van der Waals surface area contributed by atoms with Crippen LogP contribution in [0.1, 0.15) is 25.3 Å². The SMILES string of the molecule is O=C(CCNS(=O)(=O)c1ccc(F)c(F)c1)N1CCC(n2c(=O)[nH]c3ccccc32)CC1. The zero-order valence-electron chi connectivity index (χ0n) is 17.1. The largest absolute Gasteiger partial charge is 0.343 e. The second-order valence-corrected chi connectivity index (χ2v) is 9.42. The molecule has 1 aliphatic heterocycles. The molecule has 0 radical (unpaired) electrons. The van der Waals surface area contributed by atoms with E-state index in [4.69, 9.17) is 0 Å². The number of sulfonamides is 1. The number of rotatable bonds is 6. The van der Waals surface area contributed by atoms with E-state index in [1.54, 1.807) is 9.47 Å². The number of hydrogen-bond donors (Lipinski definition) is 2. The van der Waals surface area contributed by atoms with Crippen molar-refractivity contribution in [1.29, 1.82) is 0 Å². The van der Waals surface area contributed by atoms with Crippen LogP contribution in [-0.4, -0.2) is 48.4 Å². The van der Waals surface area contributed by atoms with E-state index >= 15 is 0 Å². The summed E-state index contributed by atoms with van der Waals surface area (Å²) in [6.45, 7) is 0.735. The number of aromatic nitrogens is 2. The van der Waals surface area contributed by atoms with Crippen molar-refractivity contribution in [2.75, 3.05) is 19.6 Å². The second kappa shape index (κ2) is 8.83. The summed E-state index contributed by atoms with van der Waals surface area (Å²) >= 11 is 0. The first kappa shape index (κ1) is 22.2. The predicted molar refractivity (Wildman–Crippen MR) is 114 cm³/mol. The number of halogens is 2. The quantitative estimate of drug-likeness (QED) is 0.583. The Balaban J connectivity index is 1.31. The molecular weight excluding hydrogens is 442 g/mol. The Bertz CT molecular complexity index is 1310. The van der Waals surface area contributed by atoms with Gasteiger partial charge >= 0.3 is 5.69 Å². The number of nitrogens with zero attached hydrogens (tertiary/aromatic N) is 2. The molecule has 1 aliphatic rings. The molecule has 0 atom stereocenters. The van der Waals surface area contributed by atoms with Gasteiger partial charge in [0, 0.05) is 32.1 Å². The van der Waals surface area contributed by atoms with Gasteiger partial charge in [0.25, 0.3) is 0 Å². The maximum absolute atomic E-state index is 13.3. The molecule has 0 spiro atoms. The molecule has 0 saturated carbocycles. The van der Waals surface area contributed by atoms with E-state index in [2.05, 4.69) is 9.71 Å². The summed E-state index contributed by atoms with van der Waals surface area (Å²) in [5.74, 6) is -2.62. The van der Waals surface area contributed by atoms with Crippen LogP contribution in [0.3, 0.4) is 0 Å². The molecule has 2 heterocycles. The van der Waals surface area contributed by atoms with Crippen molar-refractivity contribution in [2.45, 2.75) is 30.2 Å². The van der Waals surface area contributed by atoms with Crippen LogP contribution in [0.4, 0.5) is 8.78 Å². The van der Waals surface area contributed by atoms with Gasteiger partial charge in [0.05, 0.1) is 15.9 Å². The summed E-state index contributed by atoms with van der Waals surface area (Å²) in [6.07, 6.45) is 1.14. The van der Waals surface area contributed by atoms with Crippen LogP contribution >= 0.6 is 0 Å². The number of amides is 1. The minimum atomic E-state index is -4.06. The van der Waals surface area contributed by atoms with E-state index in [1.165, 1.54) is 0 Å². The number of H-pyrrole nitrogens is 1. The topological polar surface area (TPSA) is 104 Å². The van der Waals surface area contributed by atoms with Gasteiger partial charge in [0.15, 0.2) is 11.6 Å². The maximum atomic E-state index is 13.3. The van der Waals surface area contributed by atoms with Gasteiger partial charge < -0.3 is 9.88 Å². The number of piperidine rings is 1. The molecule has 3 aromatic rings. The molecule has 1 fully saturated rings. The van der Waals surface area contributed by atoms with Gasteiger partial charge in [-0.2, -0.15) is 0 Å². The van der Waals surface area contributed by atoms with Crippen LogP contribution < -0.4 is 10.4 Å². The monoisotopic (exact) mass is 464 g/mol. The fourth-order valence-electron chi connectivity index (χ4n) is 3.99. The van der Waals surface area contributed by atoms with Crippen molar-refractivity contribution in [3.8, 4) is 0 Å². The van der Waals surface area contributed by atoms with E-state index < -0.39 is 26.6 Å². The maximum Gasteiger partial charge on any atom is 0.326 e. The summed E-state index contributed by atoms with van der Waals surface area (Å²) < 4.78 is 54.7. The third-order valence-corrected chi connectivity index (χ3v) is 7.10. The first-order valence-corrected chi connectivity index (χ1v) is 11.7. The fourth-order valence-corrected chi connectivity index (χ4v) is 5.03. The van der Waals surface area contributed by atoms with Gasteiger partial charge in [-0.15, -0.1) is 0 Å². The van der Waals surface area contributed by atoms with Crippen LogP contribution in [0.15, 0.2) is 52.2 Å². The molecule has 2 aromatic carbocycles. The highest BCUT2D eigenvalue weighted by Gasteiger charge is 2.26. The average Bonchev–Trinajstić information content (AvgIpc) is 3.11. The van der Waals surface area contributed by atoms with Crippen molar-refractivity contribution in [3.05, 3.63) is 64.6 Å². The molecule has 11 heteroatoms. The van der Waals surface area contributed by atoms with Crippen LogP contribution in [-0.2, 0) is 14.8 Å². The first-order chi connectivity index (χ1) is 15.3. The first-order valence-electron chi connectivity index (χ1n) is 10.2. The number of hydrogen-bond acceptors (Lipinski definition) is 4. The summed E-state index contributed by atoms with van der Waals surface area (Å²) in [5, 5.41) is 0. The number of carbonyl (C=O) groups excluding carboxylic acids is 1. The minimum absolute atomic E-state index is 0.0328. The van der Waals surface area contributed by atoms with Crippen molar-refractivity contribution < 1.29 is 22.0 Å². The number of fused-ring (bicyclic) bond motifs is 1. The molecule has 170 valence electrons. The molecule has 8 nitrogen and oxygen atoms in total. The Labute approximate surface area is 182 Å². The van der Waals surface area contributed by atoms with Crippen LogP contribution in [0, 0.1) is 11.6 Å². The fraction of sp³-hybridized carbons (Fsp3) is 0.333. The van der Waals surface area contributed by atoms with Crippen molar-refractivity contribution >= 4 is 27.0 Å². The molecule has 2 N–H and O–H groups in total. The third-order valence-electron chi connectivity index (χ3n) is 5.64. The van der Waals surface area contributed by atoms with E-state index in [0.29, 0.717) is 32.0 Å². The molecule has 0 unspecified atom stereocenters. The summed E-state index contributed by atoms with van der Waals surface area (Å²) in [7, 11) is -4.06. The standard InChI is InChI=1S/C21H22F2N4O4S/c22-16-6-5-15(13-17(16)23)32(30,31)24-10-7-20(28)26-11-8-14(9-12-26)27-19-4-2-1-3-18(19)25-21(27)29/h1-6,13-14,24H,7-12H2,(H,25,29). The average molecular weight is 464 g/mol. The molecule has 1 amide bonds. The smallest absolute Gasteiger partial charge is 0.326 e. The number of para-hydroxylation sites is 2. The minimum Gasteiger partial charge on any atom is -0.343 e. The molecule has 1 aromatic heterocycles. The summed E-state index contributed by atoms with van der Waals surface area (Å²) in [6, 6.07) is 9.69. The lowest BCUT2D eigenvalue weighted by molar-refractivity contribution is -0.132. The van der Waals surface area contributed by atoms with E-state index in [0.717, 1.165) is 23.2 Å². The van der Waals surface area contributed by atoms with Gasteiger partial charge in [-0.05, 0) is 43.2 Å². The Morgan fingerprint density at radius 3 is 2.53 bits per heavy atom. The highest BCUT2D eigenvalue weighted by Crippen LogP contribution is 2.25. The van der Waals surface area contributed by atoms with Gasteiger partial charge in [-0.3, -0.25) is 9.36 Å². The highest BCUT2D eigenvalue weighted by atomic mass is 32.2. The van der Waals surface area contributed by atoms with Gasteiger partial charge in [-0.25, -0.2) is 26.7 Å². The third kappa shape index (κ3) is 4.44. The second-order valence-electron chi connectivity index (χ2n) is 7.65. The normalized spacial score (nSPS) is 15.4. The zero-order valence-corrected chi connectivity index (χ0v) is 17.9. The van der Waals surface area contributed by atoms with Gasteiger partial charge in [0.2, 0.25) is 15.9 Å². The van der Waals surface area contributed by atoms with Crippen molar-refractivity contribution in [1.82, 2.24) is 19.2 Å². The lowest BCUT2D eigenvalue weighted by Crippen LogP contribution is -2.41. The van der Waals surface area contributed by atoms with Gasteiger partial charge in [-0.1, -0.05) is 12.1 Å². The Morgan fingerprint density at radius 1 is 1.09 bits per heavy atom. The van der Waals surface area contributed by atoms with Crippen molar-refractivity contribution in [3.63, 3.8) is 0 Å². The molecular formula is C21H22F2N4O4S. The number of aromatic amines is 1. The predicted octanol–water partition coefficient (Wildman–Crippen LogP) is 2.14. The van der Waals surface area contributed by atoms with Crippen molar-refractivity contribution in [2.24, 2.45) is 0 Å². The van der Waals surface area contributed by atoms with Gasteiger partial charge in [0.1, 0.15) is 0 Å². The number of nitrogens with one attached hydrogen (secondary N) is 2. The lowest BCUT2D eigenvalue weighted by Gasteiger charge is -2.32. The molecule has 1 saturated heterocycles. The molecule has 0 bridgehead atoms. The number of imidazole rings is 1. The number of benzene rings is 2. The molecule has 4 rings (SSSR count). The Hall–Kier alpha value is -3.05. The number of likely N-dealkylation sites (tertiary alicyclic amines) is 1. The van der Waals surface area contributed by atoms with E-state index in [-0.39, 0.29) is 30.6 Å². The van der Waals surface area contributed by atoms with Crippen LogP contribution in [0.25, 0.3) is 11.0 Å². The van der Waals surface area contributed by atoms with E-state index in [1.807, 2.05) is 24.3 Å². The zero-order chi connectivity index (χ0) is 22.9. The Kier molecular flexibility index (Phi) is 6.11.